The van der Waals surface area contributed by atoms with Gasteiger partial charge in [0, 0.05) is 11.3 Å². The molecule has 2 aliphatic rings. The van der Waals surface area contributed by atoms with Crippen LogP contribution in [0.5, 0.6) is 0 Å². The molecule has 0 bridgehead atoms. The Morgan fingerprint density at radius 3 is 1.97 bits per heavy atom. The number of carbonyl (C=O) groups excluding carboxylic acids is 5. The fourth-order valence-electron chi connectivity index (χ4n) is 4.00. The summed E-state index contributed by atoms with van der Waals surface area (Å²) in [5.74, 6) is -2.42. The van der Waals surface area contributed by atoms with Gasteiger partial charge in [0.1, 0.15) is 0 Å². The third-order valence-corrected chi connectivity index (χ3v) is 5.78. The van der Waals surface area contributed by atoms with E-state index in [1.807, 2.05) is 12.2 Å². The number of hydrogen-bond donors (Lipinski definition) is 1. The predicted octanol–water partition coefficient (Wildman–Crippen LogP) is 3.14. The second-order valence-electron chi connectivity index (χ2n) is 7.97. The van der Waals surface area contributed by atoms with E-state index in [1.54, 1.807) is 24.3 Å². The third-order valence-electron chi connectivity index (χ3n) is 5.78. The summed E-state index contributed by atoms with van der Waals surface area (Å²) < 4.78 is 5.05. The molecule has 1 N–H and O–H groups in total. The molecule has 0 radical (unpaired) electrons. The molecule has 2 aromatic rings. The fraction of sp³-hybridized carbons (Fsp3) is 0.240. The molecule has 0 aromatic heterocycles. The first-order valence-corrected chi connectivity index (χ1v) is 10.6. The number of rotatable bonds is 6. The Morgan fingerprint density at radius 2 is 1.42 bits per heavy atom. The number of carbonyl (C=O) groups is 5. The van der Waals surface area contributed by atoms with Gasteiger partial charge in [0.2, 0.25) is 11.8 Å². The maximum absolute atomic E-state index is 12.7. The monoisotopic (exact) mass is 446 g/mol. The van der Waals surface area contributed by atoms with Crippen LogP contribution < -0.4 is 10.2 Å². The van der Waals surface area contributed by atoms with Crippen molar-refractivity contribution < 1.29 is 28.7 Å². The van der Waals surface area contributed by atoms with Gasteiger partial charge in [-0.05, 0) is 68.3 Å². The average Bonchev–Trinajstić information content (AvgIpc) is 3.08. The van der Waals surface area contributed by atoms with Gasteiger partial charge in [-0.15, -0.1) is 0 Å². The first-order valence-electron chi connectivity index (χ1n) is 10.6. The quantitative estimate of drug-likeness (QED) is 0.316. The van der Waals surface area contributed by atoms with Crippen molar-refractivity contribution in [2.24, 2.45) is 11.8 Å². The van der Waals surface area contributed by atoms with Gasteiger partial charge >= 0.3 is 5.97 Å². The smallest absolute Gasteiger partial charge is 0.338 e. The Hall–Kier alpha value is -4.07. The summed E-state index contributed by atoms with van der Waals surface area (Å²) in [6.07, 6.45) is 4.96. The molecule has 1 heterocycles. The van der Waals surface area contributed by atoms with E-state index >= 15 is 0 Å². The Morgan fingerprint density at radius 1 is 0.879 bits per heavy atom. The standard InChI is InChI=1S/C25H22N2O6/c1-15(28)16-6-10-18(11-7-16)26-22(29)14-33-25(32)17-8-12-19(13-9-17)27-23(30)20-4-2-3-5-21(20)24(27)31/h2-3,6-13,20-21H,4-5,14H2,1H3,(H,26,29)/t20-,21-/m1/s1. The molecule has 4 rings (SSSR count). The molecule has 1 saturated heterocycles. The number of Topliss-reactive ketones (excluding diaryl/α,β-unsaturated/α-hetero) is 1. The van der Waals surface area contributed by atoms with E-state index < -0.39 is 18.5 Å². The number of imide groups is 1. The summed E-state index contributed by atoms with van der Waals surface area (Å²) in [6, 6.07) is 12.3. The lowest BCUT2D eigenvalue weighted by molar-refractivity contribution is -0.122. The molecule has 8 nitrogen and oxygen atoms in total. The van der Waals surface area contributed by atoms with Crippen LogP contribution in [-0.2, 0) is 19.1 Å². The molecule has 0 unspecified atom stereocenters. The number of nitrogens with zero attached hydrogens (tertiary/aromatic N) is 1. The highest BCUT2D eigenvalue weighted by Gasteiger charge is 2.47. The average molecular weight is 446 g/mol. The van der Waals surface area contributed by atoms with Gasteiger partial charge in [-0.2, -0.15) is 0 Å². The molecule has 0 spiro atoms. The first kappa shape index (κ1) is 22.1. The molecule has 8 heteroatoms. The minimum atomic E-state index is -0.708. The highest BCUT2D eigenvalue weighted by Crippen LogP contribution is 2.37. The Bertz CT molecular complexity index is 1120. The zero-order valence-electron chi connectivity index (χ0n) is 17.9. The Labute approximate surface area is 190 Å². The maximum Gasteiger partial charge on any atom is 0.338 e. The molecule has 1 aliphatic heterocycles. The summed E-state index contributed by atoms with van der Waals surface area (Å²) >= 11 is 0. The normalized spacial score (nSPS) is 19.2. The summed E-state index contributed by atoms with van der Waals surface area (Å²) in [7, 11) is 0. The van der Waals surface area contributed by atoms with Gasteiger partial charge in [0.25, 0.3) is 5.91 Å². The Kier molecular flexibility index (Phi) is 6.17. The van der Waals surface area contributed by atoms with Crippen LogP contribution in [0.15, 0.2) is 60.7 Å². The van der Waals surface area contributed by atoms with Crippen molar-refractivity contribution in [3.63, 3.8) is 0 Å². The first-order chi connectivity index (χ1) is 15.8. The highest BCUT2D eigenvalue weighted by atomic mass is 16.5. The number of ketones is 1. The van der Waals surface area contributed by atoms with Crippen molar-refractivity contribution in [1.29, 1.82) is 0 Å². The Balaban J connectivity index is 1.33. The van der Waals surface area contributed by atoms with E-state index in [4.69, 9.17) is 4.74 Å². The van der Waals surface area contributed by atoms with Crippen LogP contribution in [0.3, 0.4) is 0 Å². The van der Waals surface area contributed by atoms with Gasteiger partial charge in [-0.25, -0.2) is 4.79 Å². The van der Waals surface area contributed by atoms with Crippen LogP contribution in [0.25, 0.3) is 0 Å². The van der Waals surface area contributed by atoms with Gasteiger partial charge in [-0.3, -0.25) is 24.1 Å². The summed E-state index contributed by atoms with van der Waals surface area (Å²) in [5, 5.41) is 2.58. The molecule has 0 saturated carbocycles. The molecule has 2 atom stereocenters. The number of hydrogen-bond acceptors (Lipinski definition) is 6. The number of esters is 1. The number of anilines is 2. The minimum Gasteiger partial charge on any atom is -0.452 e. The lowest BCUT2D eigenvalue weighted by atomic mass is 9.85. The highest BCUT2D eigenvalue weighted by molar-refractivity contribution is 6.22. The molecular formula is C25H22N2O6. The molecule has 1 fully saturated rings. The molecule has 33 heavy (non-hydrogen) atoms. The number of allylic oxidation sites excluding steroid dienone is 2. The van der Waals surface area contributed by atoms with Crippen LogP contribution in [0, 0.1) is 11.8 Å². The molecule has 1 aliphatic carbocycles. The fourth-order valence-corrected chi connectivity index (χ4v) is 4.00. The van der Waals surface area contributed by atoms with Crippen molar-refractivity contribution >= 4 is 40.8 Å². The van der Waals surface area contributed by atoms with Crippen molar-refractivity contribution in [2.45, 2.75) is 19.8 Å². The molecule has 168 valence electrons. The third kappa shape index (κ3) is 4.59. The lowest BCUT2D eigenvalue weighted by Crippen LogP contribution is -2.30. The second kappa shape index (κ2) is 9.20. The van der Waals surface area contributed by atoms with Gasteiger partial charge in [0.05, 0.1) is 23.1 Å². The van der Waals surface area contributed by atoms with E-state index in [0.29, 0.717) is 29.8 Å². The van der Waals surface area contributed by atoms with E-state index in [2.05, 4.69) is 5.32 Å². The van der Waals surface area contributed by atoms with E-state index in [0.717, 1.165) is 0 Å². The molecular weight excluding hydrogens is 424 g/mol. The number of amides is 3. The second-order valence-corrected chi connectivity index (χ2v) is 7.97. The van der Waals surface area contributed by atoms with Crippen LogP contribution in [0.2, 0.25) is 0 Å². The van der Waals surface area contributed by atoms with Crippen LogP contribution in [0.1, 0.15) is 40.5 Å². The SMILES string of the molecule is CC(=O)c1ccc(NC(=O)COC(=O)c2ccc(N3C(=O)[C@@H]4CC=CC[C@H]4C3=O)cc2)cc1. The zero-order chi connectivity index (χ0) is 23.5. The topological polar surface area (TPSA) is 110 Å². The number of fused-ring (bicyclic) bond motifs is 1. The van der Waals surface area contributed by atoms with E-state index in [9.17, 15) is 24.0 Å². The van der Waals surface area contributed by atoms with Gasteiger partial charge in [-0.1, -0.05) is 12.2 Å². The zero-order valence-corrected chi connectivity index (χ0v) is 17.9. The molecule has 3 amide bonds. The van der Waals surface area contributed by atoms with Gasteiger partial charge in [0.15, 0.2) is 12.4 Å². The van der Waals surface area contributed by atoms with Crippen LogP contribution in [0.4, 0.5) is 11.4 Å². The van der Waals surface area contributed by atoms with E-state index in [1.165, 1.54) is 36.1 Å². The minimum absolute atomic E-state index is 0.0818. The lowest BCUT2D eigenvalue weighted by Gasteiger charge is -2.15. The summed E-state index contributed by atoms with van der Waals surface area (Å²) in [6.45, 7) is 0.957. The maximum atomic E-state index is 12.7. The molecule has 2 aromatic carbocycles. The van der Waals surface area contributed by atoms with E-state index in [-0.39, 0.29) is 35.0 Å². The number of benzene rings is 2. The van der Waals surface area contributed by atoms with Crippen molar-refractivity contribution in [2.75, 3.05) is 16.8 Å². The van der Waals surface area contributed by atoms with Gasteiger partial charge < -0.3 is 10.1 Å². The number of nitrogens with one attached hydrogen (secondary N) is 1. The van der Waals surface area contributed by atoms with Crippen molar-refractivity contribution in [3.8, 4) is 0 Å². The predicted molar refractivity (Wildman–Crippen MR) is 120 cm³/mol. The number of ether oxygens (including phenoxy) is 1. The van der Waals surface area contributed by atoms with Crippen molar-refractivity contribution in [3.05, 3.63) is 71.8 Å². The van der Waals surface area contributed by atoms with Crippen LogP contribution >= 0.6 is 0 Å². The van der Waals surface area contributed by atoms with Crippen molar-refractivity contribution in [1.82, 2.24) is 0 Å². The summed E-state index contributed by atoms with van der Waals surface area (Å²) in [5.41, 5.74) is 1.59. The largest absolute Gasteiger partial charge is 0.452 e. The van der Waals surface area contributed by atoms with Crippen LogP contribution in [-0.4, -0.2) is 36.1 Å². The summed E-state index contributed by atoms with van der Waals surface area (Å²) in [4.78, 5) is 62.2.